The molecule has 2 aromatic heterocycles. The average Bonchev–Trinajstić information content (AvgIpc) is 2.89. The van der Waals surface area contributed by atoms with Crippen LogP contribution >= 0.6 is 0 Å². The molecule has 2 heterocycles. The van der Waals surface area contributed by atoms with E-state index in [4.69, 9.17) is 4.42 Å². The average molecular weight is 247 g/mol. The van der Waals surface area contributed by atoms with Gasteiger partial charge in [-0.1, -0.05) is 0 Å². The van der Waals surface area contributed by atoms with Crippen molar-refractivity contribution in [2.75, 3.05) is 0 Å². The molecule has 0 fully saturated rings. The number of nitrogens with zero attached hydrogens (tertiary/aromatic N) is 2. The maximum atomic E-state index is 11.8. The van der Waals surface area contributed by atoms with E-state index in [1.165, 1.54) is 23.1 Å². The number of carbonyl (C=O) groups is 1. The van der Waals surface area contributed by atoms with Crippen molar-refractivity contribution in [3.05, 3.63) is 52.3 Å². The molecule has 0 saturated heterocycles. The third-order valence-electron chi connectivity index (χ3n) is 2.40. The van der Waals surface area contributed by atoms with Gasteiger partial charge in [0.05, 0.1) is 12.8 Å². The number of furan rings is 1. The van der Waals surface area contributed by atoms with E-state index in [0.29, 0.717) is 18.8 Å². The Balaban J connectivity index is 2.07. The first kappa shape index (κ1) is 12.1. The van der Waals surface area contributed by atoms with Gasteiger partial charge < -0.3 is 9.73 Å². The molecule has 0 saturated carbocycles. The van der Waals surface area contributed by atoms with Crippen LogP contribution in [-0.4, -0.2) is 15.7 Å². The molecule has 6 heteroatoms. The van der Waals surface area contributed by atoms with E-state index < -0.39 is 0 Å². The molecule has 1 amide bonds. The lowest BCUT2D eigenvalue weighted by molar-refractivity contribution is 0.0940. The summed E-state index contributed by atoms with van der Waals surface area (Å²) in [5.74, 6) is 0.320. The fraction of sp³-hybridized carbons (Fsp3) is 0.250. The monoisotopic (exact) mass is 247 g/mol. The van der Waals surface area contributed by atoms with E-state index >= 15 is 0 Å². The number of amides is 1. The standard InChI is InChI=1S/C12H13N3O3/c1-2-15-11(16)6-5-10(14-15)12(17)13-8-9-4-3-7-18-9/h3-7H,2,8H2,1H3,(H,13,17). The number of rotatable bonds is 4. The molecule has 94 valence electrons. The van der Waals surface area contributed by atoms with E-state index in [9.17, 15) is 9.59 Å². The molecule has 2 aromatic rings. The van der Waals surface area contributed by atoms with Gasteiger partial charge in [0.25, 0.3) is 11.5 Å². The summed E-state index contributed by atoms with van der Waals surface area (Å²) in [4.78, 5) is 23.1. The van der Waals surface area contributed by atoms with Crippen molar-refractivity contribution in [3.63, 3.8) is 0 Å². The van der Waals surface area contributed by atoms with Crippen molar-refractivity contribution >= 4 is 5.91 Å². The summed E-state index contributed by atoms with van der Waals surface area (Å²) in [7, 11) is 0. The number of aromatic nitrogens is 2. The van der Waals surface area contributed by atoms with Crippen LogP contribution in [0.1, 0.15) is 23.2 Å². The summed E-state index contributed by atoms with van der Waals surface area (Å²) in [6.45, 7) is 2.51. The lowest BCUT2D eigenvalue weighted by Crippen LogP contribution is -2.28. The van der Waals surface area contributed by atoms with E-state index in [0.717, 1.165) is 0 Å². The van der Waals surface area contributed by atoms with Gasteiger partial charge in [0.15, 0.2) is 0 Å². The fourth-order valence-corrected chi connectivity index (χ4v) is 1.47. The Morgan fingerprint density at radius 2 is 2.28 bits per heavy atom. The molecule has 6 nitrogen and oxygen atoms in total. The number of hydrogen-bond donors (Lipinski definition) is 1. The van der Waals surface area contributed by atoms with Gasteiger partial charge in [-0.05, 0) is 25.1 Å². The summed E-state index contributed by atoms with van der Waals surface area (Å²) < 4.78 is 6.33. The maximum absolute atomic E-state index is 11.8. The Kier molecular flexibility index (Phi) is 3.57. The Bertz CT molecular complexity index is 587. The zero-order valence-electron chi connectivity index (χ0n) is 9.92. The predicted octanol–water partition coefficient (Wildman–Crippen LogP) is 0.786. The molecule has 2 rings (SSSR count). The van der Waals surface area contributed by atoms with E-state index in [1.807, 2.05) is 0 Å². The Hall–Kier alpha value is -2.37. The van der Waals surface area contributed by atoms with Gasteiger partial charge in [-0.3, -0.25) is 9.59 Å². The van der Waals surface area contributed by atoms with Crippen molar-refractivity contribution in [2.45, 2.75) is 20.0 Å². The van der Waals surface area contributed by atoms with Crippen LogP contribution in [0.2, 0.25) is 0 Å². The van der Waals surface area contributed by atoms with Gasteiger partial charge in [-0.2, -0.15) is 5.10 Å². The molecule has 0 aromatic carbocycles. The highest BCUT2D eigenvalue weighted by Crippen LogP contribution is 1.99. The number of aryl methyl sites for hydroxylation is 1. The molecule has 0 spiro atoms. The van der Waals surface area contributed by atoms with Gasteiger partial charge in [0.1, 0.15) is 11.5 Å². The SMILES string of the molecule is CCn1nc(C(=O)NCc2ccco2)ccc1=O. The summed E-state index contributed by atoms with van der Waals surface area (Å²) in [6, 6.07) is 6.25. The van der Waals surface area contributed by atoms with E-state index in [2.05, 4.69) is 10.4 Å². The van der Waals surface area contributed by atoms with Crippen molar-refractivity contribution < 1.29 is 9.21 Å². The first-order chi connectivity index (χ1) is 8.70. The molecule has 0 unspecified atom stereocenters. The van der Waals surface area contributed by atoms with Crippen molar-refractivity contribution in [1.29, 1.82) is 0 Å². The smallest absolute Gasteiger partial charge is 0.272 e. The molecule has 0 aliphatic rings. The van der Waals surface area contributed by atoms with E-state index in [-0.39, 0.29) is 17.2 Å². The summed E-state index contributed by atoms with van der Waals surface area (Å²) in [5.41, 5.74) is -0.0110. The number of carbonyl (C=O) groups excluding carboxylic acids is 1. The Morgan fingerprint density at radius 3 is 2.94 bits per heavy atom. The van der Waals surface area contributed by atoms with Gasteiger partial charge >= 0.3 is 0 Å². The molecule has 18 heavy (non-hydrogen) atoms. The molecule has 0 radical (unpaired) electrons. The molecule has 0 bridgehead atoms. The van der Waals surface area contributed by atoms with Crippen LogP contribution in [0.3, 0.4) is 0 Å². The normalized spacial score (nSPS) is 10.3. The third-order valence-corrected chi connectivity index (χ3v) is 2.40. The zero-order valence-corrected chi connectivity index (χ0v) is 9.92. The Morgan fingerprint density at radius 1 is 1.44 bits per heavy atom. The minimum atomic E-state index is -0.339. The van der Waals surface area contributed by atoms with Crippen LogP contribution in [0, 0.1) is 0 Å². The van der Waals surface area contributed by atoms with Crippen molar-refractivity contribution in [1.82, 2.24) is 15.1 Å². The predicted molar refractivity (Wildman–Crippen MR) is 64.0 cm³/mol. The summed E-state index contributed by atoms with van der Waals surface area (Å²) >= 11 is 0. The molecule has 0 aliphatic carbocycles. The van der Waals surface area contributed by atoms with Crippen molar-refractivity contribution in [2.24, 2.45) is 0 Å². The number of nitrogens with one attached hydrogen (secondary N) is 1. The molecule has 1 N–H and O–H groups in total. The van der Waals surface area contributed by atoms with Gasteiger partial charge in [0, 0.05) is 12.6 Å². The highest BCUT2D eigenvalue weighted by atomic mass is 16.3. The second-order valence-electron chi connectivity index (χ2n) is 3.63. The summed E-state index contributed by atoms with van der Waals surface area (Å²) in [5, 5.41) is 6.61. The summed E-state index contributed by atoms with van der Waals surface area (Å²) in [6.07, 6.45) is 1.54. The van der Waals surface area contributed by atoms with Crippen LogP contribution in [0.15, 0.2) is 39.7 Å². The first-order valence-corrected chi connectivity index (χ1v) is 5.59. The quantitative estimate of drug-likeness (QED) is 0.866. The third kappa shape index (κ3) is 2.65. The van der Waals surface area contributed by atoms with Crippen LogP contribution in [0.4, 0.5) is 0 Å². The molecule has 0 aliphatic heterocycles. The van der Waals surface area contributed by atoms with Crippen LogP contribution in [-0.2, 0) is 13.1 Å². The van der Waals surface area contributed by atoms with Crippen molar-refractivity contribution in [3.8, 4) is 0 Å². The lowest BCUT2D eigenvalue weighted by Gasteiger charge is -2.05. The van der Waals surface area contributed by atoms with E-state index in [1.54, 1.807) is 19.1 Å². The largest absolute Gasteiger partial charge is 0.467 e. The van der Waals surface area contributed by atoms with Crippen LogP contribution < -0.4 is 10.9 Å². The Labute approximate surface area is 103 Å². The number of hydrogen-bond acceptors (Lipinski definition) is 4. The fourth-order valence-electron chi connectivity index (χ4n) is 1.47. The highest BCUT2D eigenvalue weighted by Gasteiger charge is 2.09. The molecule has 0 atom stereocenters. The molecular formula is C12H13N3O3. The van der Waals surface area contributed by atoms with Crippen LogP contribution in [0.5, 0.6) is 0 Å². The zero-order chi connectivity index (χ0) is 13.0. The van der Waals surface area contributed by atoms with Gasteiger partial charge in [0.2, 0.25) is 0 Å². The van der Waals surface area contributed by atoms with Gasteiger partial charge in [-0.15, -0.1) is 0 Å². The second-order valence-corrected chi connectivity index (χ2v) is 3.63. The maximum Gasteiger partial charge on any atom is 0.272 e. The lowest BCUT2D eigenvalue weighted by atomic mass is 10.3. The minimum absolute atomic E-state index is 0.211. The van der Waals surface area contributed by atoms with Gasteiger partial charge in [-0.25, -0.2) is 4.68 Å². The first-order valence-electron chi connectivity index (χ1n) is 5.59. The highest BCUT2D eigenvalue weighted by molar-refractivity contribution is 5.91. The topological polar surface area (TPSA) is 77.1 Å². The molecular weight excluding hydrogens is 234 g/mol. The second kappa shape index (κ2) is 5.31. The van der Waals surface area contributed by atoms with Crippen LogP contribution in [0.25, 0.3) is 0 Å². The minimum Gasteiger partial charge on any atom is -0.467 e.